The molecule has 0 spiro atoms. The van der Waals surface area contributed by atoms with Crippen LogP contribution in [0.3, 0.4) is 0 Å². The molecule has 0 saturated carbocycles. The van der Waals surface area contributed by atoms with E-state index in [-0.39, 0.29) is 0 Å². The average Bonchev–Trinajstić information content (AvgIpc) is 4.33. The Morgan fingerprint density at radius 3 is 1.00 bits per heavy atom. The molecule has 0 aliphatic heterocycles. The molecule has 76 heavy (non-hydrogen) atoms. The molecule has 16 rings (SSSR count). The van der Waals surface area contributed by atoms with E-state index in [0.717, 1.165) is 155 Å². The highest BCUT2D eigenvalue weighted by molar-refractivity contribution is 6.27. The largest absolute Gasteiger partial charge is 0.455 e. The third kappa shape index (κ3) is 6.41. The Hall–Kier alpha value is -10.3. The minimum atomic E-state index is 0.780. The zero-order chi connectivity index (χ0) is 49.8. The lowest BCUT2D eigenvalue weighted by Gasteiger charge is -2.25. The van der Waals surface area contributed by atoms with E-state index in [0.29, 0.717) is 0 Å². The van der Waals surface area contributed by atoms with Crippen molar-refractivity contribution >= 4 is 133 Å². The summed E-state index contributed by atoms with van der Waals surface area (Å²) < 4.78 is 27.8. The average molecular weight is 975 g/mol. The fourth-order valence-electron chi connectivity index (χ4n) is 11.9. The predicted octanol–water partition coefficient (Wildman–Crippen LogP) is 20.7. The Morgan fingerprint density at radius 2 is 0.566 bits per heavy atom. The number of anilines is 6. The highest BCUT2D eigenvalue weighted by Crippen LogP contribution is 2.51. The van der Waals surface area contributed by atoms with Crippen LogP contribution in [0.25, 0.3) is 121 Å². The molecule has 0 saturated heterocycles. The normalized spacial score (nSPS) is 11.9. The van der Waals surface area contributed by atoms with Crippen LogP contribution in [-0.4, -0.2) is 0 Å². The van der Waals surface area contributed by atoms with Gasteiger partial charge in [0.25, 0.3) is 0 Å². The predicted molar refractivity (Wildman–Crippen MR) is 313 cm³/mol. The van der Waals surface area contributed by atoms with E-state index in [2.05, 4.69) is 228 Å². The summed E-state index contributed by atoms with van der Waals surface area (Å²) in [7, 11) is 0. The van der Waals surface area contributed by atoms with E-state index in [1.165, 1.54) is 0 Å². The number of para-hydroxylation sites is 6. The summed E-state index contributed by atoms with van der Waals surface area (Å²) in [5.41, 5.74) is 16.5. The summed E-state index contributed by atoms with van der Waals surface area (Å²) in [6.07, 6.45) is 0. The number of furan rings is 4. The summed E-state index contributed by atoms with van der Waals surface area (Å²) in [5, 5.41) is 10.5. The van der Waals surface area contributed by atoms with Gasteiger partial charge in [-0.3, -0.25) is 0 Å². The Labute approximate surface area is 435 Å². The molecule has 356 valence electrons. The van der Waals surface area contributed by atoms with Crippen LogP contribution in [0.4, 0.5) is 34.1 Å². The molecule has 0 aliphatic rings. The lowest BCUT2D eigenvalue weighted by atomic mass is 9.89. The summed E-state index contributed by atoms with van der Waals surface area (Å²) in [4.78, 5) is 4.53. The van der Waals surface area contributed by atoms with Gasteiger partial charge in [0.2, 0.25) is 0 Å². The summed E-state index contributed by atoms with van der Waals surface area (Å²) in [6.45, 7) is 0. The van der Waals surface area contributed by atoms with Crippen LogP contribution >= 0.6 is 0 Å². The first-order valence-corrected chi connectivity index (χ1v) is 25.6. The van der Waals surface area contributed by atoms with Crippen molar-refractivity contribution in [2.45, 2.75) is 0 Å². The van der Waals surface area contributed by atoms with Gasteiger partial charge in [-0.2, -0.15) is 0 Å². The minimum Gasteiger partial charge on any atom is -0.455 e. The Balaban J connectivity index is 0.932. The maximum atomic E-state index is 7.26. The molecule has 0 unspecified atom stereocenters. The second-order valence-corrected chi connectivity index (χ2v) is 19.5. The number of rotatable bonds is 8. The van der Waals surface area contributed by atoms with E-state index in [4.69, 9.17) is 17.7 Å². The van der Waals surface area contributed by atoms with Crippen LogP contribution in [0.15, 0.2) is 272 Å². The molecule has 0 bridgehead atoms. The third-order valence-corrected chi connectivity index (χ3v) is 15.2. The maximum Gasteiger partial charge on any atom is 0.159 e. The summed E-state index contributed by atoms with van der Waals surface area (Å²) in [5.74, 6) is 0. The summed E-state index contributed by atoms with van der Waals surface area (Å²) >= 11 is 0. The number of benzene rings is 12. The Bertz CT molecular complexity index is 4620. The number of hydrogen-bond donors (Lipinski definition) is 0. The first-order chi connectivity index (χ1) is 37.7. The molecule has 12 aromatic carbocycles. The van der Waals surface area contributed by atoms with Gasteiger partial charge < -0.3 is 27.5 Å². The molecule has 4 heterocycles. The minimum absolute atomic E-state index is 0.780. The van der Waals surface area contributed by atoms with Crippen LogP contribution in [0, 0.1) is 0 Å². The zero-order valence-corrected chi connectivity index (χ0v) is 40.8. The standard InChI is InChI=1S/C70H42N2O4/c1-5-19-43(20-6-1)65-55-41-58-52-38-36-48(72(46-25-11-4-12-26-46)60-32-18-30-54-50-28-14-16-34-62(50)74-68(54)60)40-64(52)76-70(58)66(44-21-7-2-8-22-44)56(55)42-57-51-37-35-47(39-63(51)75-69(57)65)71(45-23-9-3-10-24-45)59-31-17-29-53-49-27-13-15-33-61(49)73-67(53)59/h1-42H. The van der Waals surface area contributed by atoms with E-state index >= 15 is 0 Å². The van der Waals surface area contributed by atoms with Gasteiger partial charge in [-0.05, 0) is 107 Å². The number of nitrogens with zero attached hydrogens (tertiary/aromatic N) is 2. The van der Waals surface area contributed by atoms with Crippen molar-refractivity contribution in [1.82, 2.24) is 0 Å². The van der Waals surface area contributed by atoms with Gasteiger partial charge in [-0.15, -0.1) is 0 Å². The highest BCUT2D eigenvalue weighted by Gasteiger charge is 2.27. The molecule has 0 N–H and O–H groups in total. The van der Waals surface area contributed by atoms with Crippen molar-refractivity contribution in [2.24, 2.45) is 0 Å². The summed E-state index contributed by atoms with van der Waals surface area (Å²) in [6, 6.07) is 89.3. The lowest BCUT2D eigenvalue weighted by molar-refractivity contribution is 0.668. The molecule has 6 heteroatoms. The number of hydrogen-bond acceptors (Lipinski definition) is 6. The topological polar surface area (TPSA) is 59.0 Å². The quantitative estimate of drug-likeness (QED) is 0.151. The fraction of sp³-hybridized carbons (Fsp3) is 0. The van der Waals surface area contributed by atoms with Gasteiger partial charge in [0, 0.05) is 77.7 Å². The van der Waals surface area contributed by atoms with Crippen LogP contribution < -0.4 is 9.80 Å². The SMILES string of the molecule is c1ccc(-c2c3cc4c(oc5cc(N(c6ccccc6)c6cccc7c6oc6ccccc67)ccc54)c(-c4ccccc4)c3cc3c2oc2cc(N(c4ccccc4)c4cccc5c4oc4ccccc45)ccc23)cc1. The highest BCUT2D eigenvalue weighted by atomic mass is 16.3. The number of fused-ring (bicyclic) bond motifs is 13. The Kier molecular flexibility index (Phi) is 9.23. The molecule has 0 radical (unpaired) electrons. The van der Waals surface area contributed by atoms with Crippen LogP contribution in [0.1, 0.15) is 0 Å². The first kappa shape index (κ1) is 42.2. The van der Waals surface area contributed by atoms with Crippen molar-refractivity contribution in [2.75, 3.05) is 9.80 Å². The second kappa shape index (κ2) is 16.6. The maximum absolute atomic E-state index is 7.26. The molecule has 0 fully saturated rings. The molecule has 4 aromatic heterocycles. The molecule has 6 nitrogen and oxygen atoms in total. The lowest BCUT2D eigenvalue weighted by Crippen LogP contribution is -2.09. The van der Waals surface area contributed by atoms with Gasteiger partial charge in [-0.25, -0.2) is 0 Å². The monoisotopic (exact) mass is 974 g/mol. The van der Waals surface area contributed by atoms with E-state index in [1.807, 2.05) is 36.4 Å². The van der Waals surface area contributed by atoms with Gasteiger partial charge >= 0.3 is 0 Å². The van der Waals surface area contributed by atoms with Crippen LogP contribution in [-0.2, 0) is 0 Å². The molecule has 0 atom stereocenters. The van der Waals surface area contributed by atoms with Crippen molar-refractivity contribution in [3.8, 4) is 22.3 Å². The van der Waals surface area contributed by atoms with Gasteiger partial charge in [0.05, 0.1) is 22.7 Å². The van der Waals surface area contributed by atoms with Crippen molar-refractivity contribution < 1.29 is 17.7 Å². The van der Waals surface area contributed by atoms with Gasteiger partial charge in [-0.1, -0.05) is 158 Å². The fourth-order valence-corrected chi connectivity index (χ4v) is 11.9. The van der Waals surface area contributed by atoms with Crippen molar-refractivity contribution in [3.05, 3.63) is 255 Å². The van der Waals surface area contributed by atoms with Crippen molar-refractivity contribution in [3.63, 3.8) is 0 Å². The van der Waals surface area contributed by atoms with Crippen molar-refractivity contribution in [1.29, 1.82) is 0 Å². The molecular formula is C70H42N2O4. The first-order valence-electron chi connectivity index (χ1n) is 25.6. The zero-order valence-electron chi connectivity index (χ0n) is 40.8. The molecule has 0 amide bonds. The van der Waals surface area contributed by atoms with Crippen LogP contribution in [0.5, 0.6) is 0 Å². The van der Waals surface area contributed by atoms with E-state index in [9.17, 15) is 0 Å². The third-order valence-electron chi connectivity index (χ3n) is 15.2. The molecule has 16 aromatic rings. The van der Waals surface area contributed by atoms with Crippen LogP contribution in [0.2, 0.25) is 0 Å². The smallest absolute Gasteiger partial charge is 0.159 e. The van der Waals surface area contributed by atoms with E-state index < -0.39 is 0 Å². The Morgan fingerprint density at radius 1 is 0.211 bits per heavy atom. The van der Waals surface area contributed by atoms with E-state index in [1.54, 1.807) is 0 Å². The van der Waals surface area contributed by atoms with Gasteiger partial charge in [0.15, 0.2) is 11.2 Å². The van der Waals surface area contributed by atoms with Gasteiger partial charge in [0.1, 0.15) is 33.5 Å². The molecular weight excluding hydrogens is 933 g/mol. The molecule has 0 aliphatic carbocycles. The second-order valence-electron chi connectivity index (χ2n) is 19.5.